The second-order valence-corrected chi connectivity index (χ2v) is 9.02. The number of nitrogens with zero attached hydrogens (tertiary/aromatic N) is 2. The Balaban J connectivity index is 1.71. The van der Waals surface area contributed by atoms with Crippen LogP contribution >= 0.6 is 11.3 Å². The summed E-state index contributed by atoms with van der Waals surface area (Å²) in [7, 11) is -3.96. The number of anilines is 1. The molecule has 0 saturated heterocycles. The third-order valence-corrected chi connectivity index (χ3v) is 6.56. The number of benzene rings is 2. The fraction of sp³-hybridized carbons (Fsp3) is 0.0500. The smallest absolute Gasteiger partial charge is 0.263 e. The molecule has 9 nitrogen and oxygen atoms in total. The van der Waals surface area contributed by atoms with Crippen LogP contribution in [0, 0.1) is 6.92 Å². The molecule has 2 aromatic carbocycles. The summed E-state index contributed by atoms with van der Waals surface area (Å²) in [4.78, 5) is 15.8. The summed E-state index contributed by atoms with van der Waals surface area (Å²) < 4.78 is 33.6. The summed E-state index contributed by atoms with van der Waals surface area (Å²) in [5.74, 6) is -0.224. The maximum Gasteiger partial charge on any atom is 0.263 e. The Morgan fingerprint density at radius 2 is 1.97 bits per heavy atom. The Labute approximate surface area is 182 Å². The molecule has 0 aliphatic heterocycles. The molecule has 0 radical (unpaired) electrons. The van der Waals surface area contributed by atoms with Gasteiger partial charge in [-0.05, 0) is 31.2 Å². The normalized spacial score (nSPS) is 11.3. The van der Waals surface area contributed by atoms with E-state index in [1.54, 1.807) is 23.7 Å². The number of hydrogen-bond acceptors (Lipinski definition) is 7. The van der Waals surface area contributed by atoms with Crippen molar-refractivity contribution in [1.29, 1.82) is 0 Å². The van der Waals surface area contributed by atoms with E-state index in [-0.39, 0.29) is 21.3 Å². The molecule has 4 N–H and O–H groups in total. The molecule has 0 aliphatic carbocycles. The molecule has 0 saturated carbocycles. The fourth-order valence-corrected chi connectivity index (χ4v) is 4.75. The summed E-state index contributed by atoms with van der Waals surface area (Å²) in [6.45, 7) is 1.85. The van der Waals surface area contributed by atoms with E-state index in [2.05, 4.69) is 19.9 Å². The molecule has 0 aliphatic rings. The van der Waals surface area contributed by atoms with Crippen molar-refractivity contribution in [1.82, 2.24) is 15.2 Å². The van der Waals surface area contributed by atoms with E-state index in [0.29, 0.717) is 5.75 Å². The molecule has 2 heterocycles. The van der Waals surface area contributed by atoms with Crippen molar-refractivity contribution in [3.05, 3.63) is 71.5 Å². The third kappa shape index (κ3) is 4.27. The molecule has 4 rings (SSSR count). The molecule has 158 valence electrons. The first-order chi connectivity index (χ1) is 14.8. The molecule has 0 unspecified atom stereocenters. The number of carbonyl (C=O) groups excluding carboxylic acids is 1. The van der Waals surface area contributed by atoms with Gasteiger partial charge in [0.05, 0.1) is 16.2 Å². The summed E-state index contributed by atoms with van der Waals surface area (Å²) in [5.41, 5.74) is 7.82. The molecule has 11 heteroatoms. The van der Waals surface area contributed by atoms with Crippen molar-refractivity contribution in [3.8, 4) is 22.6 Å². The number of aromatic amines is 1. The minimum absolute atomic E-state index is 0.0688. The van der Waals surface area contributed by atoms with Gasteiger partial charge in [0.15, 0.2) is 5.13 Å². The Kier molecular flexibility index (Phi) is 5.44. The molecule has 0 fully saturated rings. The number of primary amides is 1. The lowest BCUT2D eigenvalue weighted by Crippen LogP contribution is -2.16. The van der Waals surface area contributed by atoms with Crippen LogP contribution in [0.1, 0.15) is 16.1 Å². The highest BCUT2D eigenvalue weighted by molar-refractivity contribution is 7.93. The Morgan fingerprint density at radius 3 is 2.65 bits per heavy atom. The number of nitrogens with two attached hydrogens (primary N) is 1. The first-order valence-electron chi connectivity index (χ1n) is 8.99. The quantitative estimate of drug-likeness (QED) is 0.389. The van der Waals surface area contributed by atoms with Crippen LogP contribution in [0.25, 0.3) is 11.1 Å². The van der Waals surface area contributed by atoms with Crippen molar-refractivity contribution in [3.63, 3.8) is 0 Å². The van der Waals surface area contributed by atoms with E-state index >= 15 is 0 Å². The minimum atomic E-state index is -3.96. The predicted octanol–water partition coefficient (Wildman–Crippen LogP) is 3.53. The van der Waals surface area contributed by atoms with Gasteiger partial charge in [0.2, 0.25) is 0 Å². The average Bonchev–Trinajstić information content (AvgIpc) is 3.39. The second kappa shape index (κ2) is 8.20. The number of ether oxygens (including phenoxy) is 1. The van der Waals surface area contributed by atoms with E-state index in [1.807, 2.05) is 19.1 Å². The van der Waals surface area contributed by atoms with Crippen molar-refractivity contribution < 1.29 is 17.9 Å². The Bertz CT molecular complexity index is 1350. The van der Waals surface area contributed by atoms with Gasteiger partial charge in [-0.25, -0.2) is 13.4 Å². The molecule has 2 aromatic heterocycles. The summed E-state index contributed by atoms with van der Waals surface area (Å²) in [5, 5.41) is 8.78. The standard InChI is InChI=1S/C20H17N5O4S2/c1-12-16(11-23-24-12)14-4-2-3-5-17(14)29-18-7-6-13(10-15(18)19(21)26)31(27,28)25-20-22-8-9-30-20/h2-11H,1H3,(H2,21,26)(H,22,25)(H,23,24). The average molecular weight is 456 g/mol. The first kappa shape index (κ1) is 20.6. The minimum Gasteiger partial charge on any atom is -0.456 e. The number of aryl methyl sites for hydroxylation is 1. The Morgan fingerprint density at radius 1 is 1.16 bits per heavy atom. The molecule has 4 aromatic rings. The lowest BCUT2D eigenvalue weighted by molar-refractivity contribution is 0.0998. The number of rotatable bonds is 7. The molecular weight excluding hydrogens is 438 g/mol. The topological polar surface area (TPSA) is 140 Å². The molecular formula is C20H17N5O4S2. The number of carbonyl (C=O) groups is 1. The van der Waals surface area contributed by atoms with Crippen LogP contribution in [0.5, 0.6) is 11.5 Å². The molecule has 0 bridgehead atoms. The van der Waals surface area contributed by atoms with Gasteiger partial charge in [-0.1, -0.05) is 18.2 Å². The monoisotopic (exact) mass is 455 g/mol. The van der Waals surface area contributed by atoms with Crippen LogP contribution in [-0.2, 0) is 10.0 Å². The number of para-hydroxylation sites is 1. The molecule has 0 atom stereocenters. The van der Waals surface area contributed by atoms with Gasteiger partial charge in [0.25, 0.3) is 15.9 Å². The lowest BCUT2D eigenvalue weighted by atomic mass is 10.1. The molecule has 31 heavy (non-hydrogen) atoms. The number of aromatic nitrogens is 3. The van der Waals surface area contributed by atoms with Crippen LogP contribution in [0.2, 0.25) is 0 Å². The van der Waals surface area contributed by atoms with Crippen LogP contribution < -0.4 is 15.2 Å². The van der Waals surface area contributed by atoms with Gasteiger partial charge in [-0.3, -0.25) is 14.6 Å². The lowest BCUT2D eigenvalue weighted by Gasteiger charge is -2.14. The summed E-state index contributed by atoms with van der Waals surface area (Å²) in [6, 6.07) is 11.1. The van der Waals surface area contributed by atoms with Crippen LogP contribution in [-0.4, -0.2) is 29.5 Å². The number of amides is 1. The van der Waals surface area contributed by atoms with E-state index in [9.17, 15) is 13.2 Å². The summed E-state index contributed by atoms with van der Waals surface area (Å²) >= 11 is 1.14. The SMILES string of the molecule is Cc1n[nH]cc1-c1ccccc1Oc1ccc(S(=O)(=O)Nc2nccs2)cc1C(N)=O. The number of hydrogen-bond donors (Lipinski definition) is 3. The fourth-order valence-electron chi connectivity index (χ4n) is 2.93. The van der Waals surface area contributed by atoms with E-state index in [1.165, 1.54) is 24.4 Å². The van der Waals surface area contributed by atoms with Crippen molar-refractivity contribution in [2.45, 2.75) is 11.8 Å². The van der Waals surface area contributed by atoms with E-state index < -0.39 is 15.9 Å². The number of thiazole rings is 1. The van der Waals surface area contributed by atoms with Gasteiger partial charge in [0, 0.05) is 28.9 Å². The molecule has 0 spiro atoms. The van der Waals surface area contributed by atoms with Gasteiger partial charge in [0.1, 0.15) is 11.5 Å². The zero-order valence-electron chi connectivity index (χ0n) is 16.2. The van der Waals surface area contributed by atoms with Gasteiger partial charge in [-0.15, -0.1) is 11.3 Å². The second-order valence-electron chi connectivity index (χ2n) is 6.45. The van der Waals surface area contributed by atoms with Crippen LogP contribution in [0.4, 0.5) is 5.13 Å². The first-order valence-corrected chi connectivity index (χ1v) is 11.4. The van der Waals surface area contributed by atoms with Gasteiger partial charge < -0.3 is 10.5 Å². The molecule has 1 amide bonds. The van der Waals surface area contributed by atoms with Gasteiger partial charge in [-0.2, -0.15) is 5.10 Å². The van der Waals surface area contributed by atoms with Crippen molar-refractivity contribution >= 4 is 32.4 Å². The van der Waals surface area contributed by atoms with Crippen LogP contribution in [0.15, 0.2) is 65.1 Å². The van der Waals surface area contributed by atoms with Crippen LogP contribution in [0.3, 0.4) is 0 Å². The highest BCUT2D eigenvalue weighted by atomic mass is 32.2. The maximum absolute atomic E-state index is 12.6. The number of H-pyrrole nitrogens is 1. The number of nitrogens with one attached hydrogen (secondary N) is 2. The highest BCUT2D eigenvalue weighted by Gasteiger charge is 2.21. The van der Waals surface area contributed by atoms with Crippen molar-refractivity contribution in [2.75, 3.05) is 4.72 Å². The van der Waals surface area contributed by atoms with E-state index in [0.717, 1.165) is 28.2 Å². The Hall–Kier alpha value is -3.70. The van der Waals surface area contributed by atoms with Crippen molar-refractivity contribution in [2.24, 2.45) is 5.73 Å². The van der Waals surface area contributed by atoms with E-state index in [4.69, 9.17) is 10.5 Å². The summed E-state index contributed by atoms with van der Waals surface area (Å²) in [6.07, 6.45) is 3.22. The highest BCUT2D eigenvalue weighted by Crippen LogP contribution is 2.36. The van der Waals surface area contributed by atoms with Gasteiger partial charge >= 0.3 is 0 Å². The zero-order chi connectivity index (χ0) is 22.0. The largest absolute Gasteiger partial charge is 0.456 e. The number of sulfonamides is 1. The third-order valence-electron chi connectivity index (χ3n) is 4.41. The zero-order valence-corrected chi connectivity index (χ0v) is 17.8. The maximum atomic E-state index is 12.6. The predicted molar refractivity (Wildman–Crippen MR) is 117 cm³/mol.